The Balaban J connectivity index is 2.54. The minimum absolute atomic E-state index is 0.110. The Morgan fingerprint density at radius 1 is 1.56 bits per heavy atom. The zero-order chi connectivity index (χ0) is 13.5. The van der Waals surface area contributed by atoms with E-state index in [0.717, 1.165) is 0 Å². The van der Waals surface area contributed by atoms with Crippen molar-refractivity contribution in [2.45, 2.75) is 12.8 Å². The number of amides is 1. The number of methoxy groups -OCH3 is 1. The predicted molar refractivity (Wildman–Crippen MR) is 73.0 cm³/mol. The molecule has 0 aliphatic heterocycles. The Morgan fingerprint density at radius 2 is 2.28 bits per heavy atom. The van der Waals surface area contributed by atoms with Crippen LogP contribution in [0.15, 0.2) is 18.2 Å². The Labute approximate surface area is 111 Å². The van der Waals surface area contributed by atoms with Crippen molar-refractivity contribution < 1.29 is 14.6 Å². The zero-order valence-corrected chi connectivity index (χ0v) is 10.9. The van der Waals surface area contributed by atoms with E-state index in [1.54, 1.807) is 6.07 Å². The van der Waals surface area contributed by atoms with Crippen LogP contribution >= 0.6 is 12.2 Å². The van der Waals surface area contributed by atoms with E-state index in [-0.39, 0.29) is 17.2 Å². The highest BCUT2D eigenvalue weighted by Crippen LogP contribution is 2.23. The molecule has 4 N–H and O–H groups in total. The molecule has 0 unspecified atom stereocenters. The first-order chi connectivity index (χ1) is 8.54. The standard InChI is InChI=1S/C12H16N2O3S/c1-17-8-4-5-9(10(15)7-8)12(16)14-6-2-3-11(13)18/h4-5,7,15H,2-3,6H2,1H3,(H2,13,18)(H,14,16). The van der Waals surface area contributed by atoms with Crippen molar-refractivity contribution in [1.82, 2.24) is 5.32 Å². The molecule has 0 fully saturated rings. The topological polar surface area (TPSA) is 84.6 Å². The van der Waals surface area contributed by atoms with Gasteiger partial charge >= 0.3 is 0 Å². The molecule has 0 aromatic heterocycles. The third-order valence-corrected chi connectivity index (χ3v) is 2.54. The van der Waals surface area contributed by atoms with Crippen LogP contribution in [-0.4, -0.2) is 29.7 Å². The summed E-state index contributed by atoms with van der Waals surface area (Å²) >= 11 is 4.73. The molecule has 0 radical (unpaired) electrons. The molecule has 0 saturated heterocycles. The number of phenolic OH excluding ortho intramolecular Hbond substituents is 1. The van der Waals surface area contributed by atoms with E-state index in [1.165, 1.54) is 19.2 Å². The summed E-state index contributed by atoms with van der Waals surface area (Å²) in [4.78, 5) is 12.2. The minimum atomic E-state index is -0.335. The quantitative estimate of drug-likeness (QED) is 0.533. The molecule has 0 spiro atoms. The number of thiocarbonyl (C=S) groups is 1. The monoisotopic (exact) mass is 268 g/mol. The van der Waals surface area contributed by atoms with E-state index in [9.17, 15) is 9.90 Å². The minimum Gasteiger partial charge on any atom is -0.507 e. The highest BCUT2D eigenvalue weighted by Gasteiger charge is 2.11. The van der Waals surface area contributed by atoms with Gasteiger partial charge in [-0.3, -0.25) is 4.79 Å². The number of ether oxygens (including phenoxy) is 1. The summed E-state index contributed by atoms with van der Waals surface area (Å²) < 4.78 is 4.93. The van der Waals surface area contributed by atoms with Crippen LogP contribution in [0, 0.1) is 0 Å². The van der Waals surface area contributed by atoms with Gasteiger partial charge in [-0.2, -0.15) is 0 Å². The number of carbonyl (C=O) groups is 1. The van der Waals surface area contributed by atoms with E-state index in [1.807, 2.05) is 0 Å². The summed E-state index contributed by atoms with van der Waals surface area (Å²) in [7, 11) is 1.49. The maximum atomic E-state index is 11.7. The average molecular weight is 268 g/mol. The summed E-state index contributed by atoms with van der Waals surface area (Å²) in [5, 5.41) is 12.3. The predicted octanol–water partition coefficient (Wildman–Crippen LogP) is 1.20. The van der Waals surface area contributed by atoms with Crippen molar-refractivity contribution >= 4 is 23.1 Å². The number of nitrogens with one attached hydrogen (secondary N) is 1. The Bertz CT molecular complexity index is 449. The number of nitrogens with two attached hydrogens (primary N) is 1. The first-order valence-corrected chi connectivity index (χ1v) is 5.89. The fourth-order valence-electron chi connectivity index (χ4n) is 1.39. The molecule has 0 aliphatic carbocycles. The first kappa shape index (κ1) is 14.2. The van der Waals surface area contributed by atoms with Crippen LogP contribution in [-0.2, 0) is 0 Å². The van der Waals surface area contributed by atoms with Crippen LogP contribution in [0.3, 0.4) is 0 Å². The lowest BCUT2D eigenvalue weighted by molar-refractivity contribution is 0.0950. The van der Waals surface area contributed by atoms with Crippen LogP contribution in [0.2, 0.25) is 0 Å². The van der Waals surface area contributed by atoms with Crippen LogP contribution in [0.1, 0.15) is 23.2 Å². The fourth-order valence-corrected chi connectivity index (χ4v) is 1.53. The Kier molecular flexibility index (Phi) is 5.38. The molecular formula is C12H16N2O3S. The van der Waals surface area contributed by atoms with Gasteiger partial charge in [0.05, 0.1) is 17.7 Å². The number of carbonyl (C=O) groups excluding carboxylic acids is 1. The molecule has 0 aliphatic rings. The maximum Gasteiger partial charge on any atom is 0.255 e. The van der Waals surface area contributed by atoms with Gasteiger partial charge in [-0.1, -0.05) is 12.2 Å². The van der Waals surface area contributed by atoms with E-state index in [4.69, 9.17) is 22.7 Å². The lowest BCUT2D eigenvalue weighted by Crippen LogP contribution is -2.25. The van der Waals surface area contributed by atoms with E-state index in [2.05, 4.69) is 5.32 Å². The van der Waals surface area contributed by atoms with Crippen molar-refractivity contribution in [3.05, 3.63) is 23.8 Å². The van der Waals surface area contributed by atoms with Gasteiger partial charge in [0.2, 0.25) is 0 Å². The number of rotatable bonds is 6. The second-order valence-electron chi connectivity index (χ2n) is 3.71. The Morgan fingerprint density at radius 3 is 2.83 bits per heavy atom. The third-order valence-electron chi connectivity index (χ3n) is 2.34. The van der Waals surface area contributed by atoms with Gasteiger partial charge in [0.25, 0.3) is 5.91 Å². The van der Waals surface area contributed by atoms with E-state index < -0.39 is 0 Å². The van der Waals surface area contributed by atoms with Gasteiger partial charge in [0.1, 0.15) is 11.5 Å². The smallest absolute Gasteiger partial charge is 0.255 e. The summed E-state index contributed by atoms with van der Waals surface area (Å²) in [6, 6.07) is 4.52. The van der Waals surface area contributed by atoms with Crippen LogP contribution < -0.4 is 15.8 Å². The second-order valence-corrected chi connectivity index (χ2v) is 4.23. The zero-order valence-electron chi connectivity index (χ0n) is 10.1. The lowest BCUT2D eigenvalue weighted by atomic mass is 10.1. The molecule has 5 nitrogen and oxygen atoms in total. The van der Waals surface area contributed by atoms with Crippen molar-refractivity contribution in [3.8, 4) is 11.5 Å². The largest absolute Gasteiger partial charge is 0.507 e. The molecule has 0 bridgehead atoms. The first-order valence-electron chi connectivity index (χ1n) is 5.48. The number of hydrogen-bond donors (Lipinski definition) is 3. The molecule has 1 amide bonds. The molecule has 1 rings (SSSR count). The normalized spacial score (nSPS) is 9.83. The van der Waals surface area contributed by atoms with Gasteiger partial charge in [-0.15, -0.1) is 0 Å². The number of hydrogen-bond acceptors (Lipinski definition) is 4. The molecule has 1 aromatic rings. The van der Waals surface area contributed by atoms with Crippen molar-refractivity contribution in [1.29, 1.82) is 0 Å². The molecule has 6 heteroatoms. The van der Waals surface area contributed by atoms with Gasteiger partial charge < -0.3 is 20.9 Å². The summed E-state index contributed by atoms with van der Waals surface area (Å²) in [5.74, 6) is 0.0526. The number of phenols is 1. The van der Waals surface area contributed by atoms with Gasteiger partial charge in [0, 0.05) is 12.6 Å². The Hall–Kier alpha value is -1.82. The SMILES string of the molecule is COc1ccc(C(=O)NCCCC(N)=S)c(O)c1. The van der Waals surface area contributed by atoms with Crippen LogP contribution in [0.25, 0.3) is 0 Å². The molecule has 0 atom stereocenters. The van der Waals surface area contributed by atoms with Gasteiger partial charge in [-0.05, 0) is 25.0 Å². The summed E-state index contributed by atoms with van der Waals surface area (Å²) in [5.41, 5.74) is 5.56. The van der Waals surface area contributed by atoms with E-state index in [0.29, 0.717) is 30.1 Å². The van der Waals surface area contributed by atoms with Crippen molar-refractivity contribution in [2.24, 2.45) is 5.73 Å². The fraction of sp³-hybridized carbons (Fsp3) is 0.333. The average Bonchev–Trinajstić information content (AvgIpc) is 2.33. The number of aromatic hydroxyl groups is 1. The molecule has 0 heterocycles. The van der Waals surface area contributed by atoms with Crippen molar-refractivity contribution in [3.63, 3.8) is 0 Å². The summed E-state index contributed by atoms with van der Waals surface area (Å²) in [6.07, 6.45) is 1.27. The molecule has 0 saturated carbocycles. The third kappa shape index (κ3) is 4.21. The lowest BCUT2D eigenvalue weighted by Gasteiger charge is -2.08. The van der Waals surface area contributed by atoms with Crippen LogP contribution in [0.4, 0.5) is 0 Å². The van der Waals surface area contributed by atoms with Crippen molar-refractivity contribution in [2.75, 3.05) is 13.7 Å². The summed E-state index contributed by atoms with van der Waals surface area (Å²) in [6.45, 7) is 0.460. The highest BCUT2D eigenvalue weighted by molar-refractivity contribution is 7.80. The maximum absolute atomic E-state index is 11.7. The molecular weight excluding hydrogens is 252 g/mol. The number of benzene rings is 1. The second kappa shape index (κ2) is 6.80. The molecule has 98 valence electrons. The highest BCUT2D eigenvalue weighted by atomic mass is 32.1. The van der Waals surface area contributed by atoms with Gasteiger partial charge in [0.15, 0.2) is 0 Å². The van der Waals surface area contributed by atoms with E-state index >= 15 is 0 Å². The van der Waals surface area contributed by atoms with Gasteiger partial charge in [-0.25, -0.2) is 0 Å². The molecule has 18 heavy (non-hydrogen) atoms. The van der Waals surface area contributed by atoms with Crippen LogP contribution in [0.5, 0.6) is 11.5 Å². The molecule has 1 aromatic carbocycles.